The summed E-state index contributed by atoms with van der Waals surface area (Å²) in [6.45, 7) is 2.06. The summed E-state index contributed by atoms with van der Waals surface area (Å²) in [7, 11) is 0. The zero-order valence-corrected chi connectivity index (χ0v) is 17.3. The van der Waals surface area contributed by atoms with Gasteiger partial charge >= 0.3 is 6.18 Å². The van der Waals surface area contributed by atoms with Crippen LogP contribution in [-0.4, -0.2) is 0 Å². The van der Waals surface area contributed by atoms with Gasteiger partial charge in [-0.1, -0.05) is 43.7 Å². The lowest BCUT2D eigenvalue weighted by Gasteiger charge is -2.13. The predicted octanol–water partition coefficient (Wildman–Crippen LogP) is 8.06. The fourth-order valence-electron chi connectivity index (χ4n) is 3.57. The Labute approximate surface area is 182 Å². The molecule has 7 heteroatoms. The van der Waals surface area contributed by atoms with Gasteiger partial charge in [-0.25, -0.2) is 13.2 Å². The SMILES string of the molecule is CCCCc1ccc(-c2c([O])cc(F)c(CCc3ccc(C(F)(F)F)c(F)c3)c2F)cc1. The average molecular weight is 451 g/mol. The van der Waals surface area contributed by atoms with Crippen molar-refractivity contribution in [2.24, 2.45) is 0 Å². The number of hydrogen-bond donors (Lipinski definition) is 0. The quantitative estimate of drug-likeness (QED) is 0.324. The van der Waals surface area contributed by atoms with Crippen LogP contribution >= 0.6 is 0 Å². The Morgan fingerprint density at radius 2 is 1.44 bits per heavy atom. The van der Waals surface area contributed by atoms with Crippen molar-refractivity contribution in [1.82, 2.24) is 0 Å². The third kappa shape index (κ3) is 5.26. The van der Waals surface area contributed by atoms with Crippen molar-refractivity contribution < 1.29 is 31.4 Å². The van der Waals surface area contributed by atoms with E-state index < -0.39 is 34.9 Å². The smallest absolute Gasteiger partial charge is 0.289 e. The molecule has 0 spiro atoms. The van der Waals surface area contributed by atoms with Crippen LogP contribution in [-0.2, 0) is 30.5 Å². The maximum absolute atomic E-state index is 15.1. The number of hydrogen-bond acceptors (Lipinski definition) is 0. The van der Waals surface area contributed by atoms with Gasteiger partial charge in [0, 0.05) is 11.6 Å². The summed E-state index contributed by atoms with van der Waals surface area (Å²) in [4.78, 5) is 0. The van der Waals surface area contributed by atoms with Crippen LogP contribution in [0.25, 0.3) is 11.1 Å². The normalized spacial score (nSPS) is 11.7. The van der Waals surface area contributed by atoms with E-state index in [1.54, 1.807) is 24.3 Å². The molecule has 3 rings (SSSR count). The van der Waals surface area contributed by atoms with Crippen LogP contribution in [0.1, 0.15) is 42.0 Å². The Hall–Kier alpha value is -2.96. The number of alkyl halides is 3. The monoisotopic (exact) mass is 451 g/mol. The van der Waals surface area contributed by atoms with Gasteiger partial charge in [-0.05, 0) is 54.5 Å². The number of aryl methyl sites for hydroxylation is 2. The Balaban J connectivity index is 1.86. The first-order valence-electron chi connectivity index (χ1n) is 10.2. The summed E-state index contributed by atoms with van der Waals surface area (Å²) in [5.74, 6) is -4.30. The molecule has 0 aliphatic heterocycles. The van der Waals surface area contributed by atoms with Gasteiger partial charge in [0.1, 0.15) is 17.5 Å². The van der Waals surface area contributed by atoms with Crippen LogP contribution in [0.5, 0.6) is 5.75 Å². The second-order valence-corrected chi connectivity index (χ2v) is 7.64. The third-order valence-electron chi connectivity index (χ3n) is 5.34. The van der Waals surface area contributed by atoms with E-state index in [2.05, 4.69) is 6.92 Å². The van der Waals surface area contributed by atoms with Gasteiger partial charge in [0.25, 0.3) is 0 Å². The highest BCUT2D eigenvalue weighted by molar-refractivity contribution is 5.72. The van der Waals surface area contributed by atoms with Crippen LogP contribution in [0.15, 0.2) is 48.5 Å². The van der Waals surface area contributed by atoms with Gasteiger partial charge in [0.05, 0.1) is 11.1 Å². The summed E-state index contributed by atoms with van der Waals surface area (Å²) in [6.07, 6.45) is -2.31. The highest BCUT2D eigenvalue weighted by Crippen LogP contribution is 2.37. The van der Waals surface area contributed by atoms with E-state index in [9.17, 15) is 27.1 Å². The largest absolute Gasteiger partial charge is 0.419 e. The first kappa shape index (κ1) is 23.7. The molecule has 0 aromatic heterocycles. The van der Waals surface area contributed by atoms with Gasteiger partial charge in [-0.2, -0.15) is 13.2 Å². The molecule has 0 unspecified atom stereocenters. The Morgan fingerprint density at radius 1 is 0.781 bits per heavy atom. The summed E-state index contributed by atoms with van der Waals surface area (Å²) in [5.41, 5.74) is -0.525. The van der Waals surface area contributed by atoms with Gasteiger partial charge in [0.2, 0.25) is 0 Å². The maximum atomic E-state index is 15.1. The predicted molar refractivity (Wildman–Crippen MR) is 109 cm³/mol. The topological polar surface area (TPSA) is 19.9 Å². The van der Waals surface area contributed by atoms with Crippen molar-refractivity contribution in [3.8, 4) is 16.9 Å². The molecule has 1 radical (unpaired) electrons. The number of benzene rings is 3. The summed E-state index contributed by atoms with van der Waals surface area (Å²) in [5, 5.41) is 12.3. The van der Waals surface area contributed by atoms with Gasteiger partial charge in [-0.3, -0.25) is 5.11 Å². The van der Waals surface area contributed by atoms with Gasteiger partial charge < -0.3 is 0 Å². The molecule has 169 valence electrons. The maximum Gasteiger partial charge on any atom is 0.419 e. The van der Waals surface area contributed by atoms with E-state index in [0.29, 0.717) is 23.8 Å². The second-order valence-electron chi connectivity index (χ2n) is 7.64. The highest BCUT2D eigenvalue weighted by Gasteiger charge is 2.33. The molecule has 0 N–H and O–H groups in total. The van der Waals surface area contributed by atoms with Crippen LogP contribution in [0.4, 0.5) is 26.3 Å². The van der Waals surface area contributed by atoms with Crippen LogP contribution in [0, 0.1) is 17.5 Å². The zero-order valence-electron chi connectivity index (χ0n) is 17.3. The minimum atomic E-state index is -4.83. The van der Waals surface area contributed by atoms with Crippen molar-refractivity contribution >= 4 is 0 Å². The summed E-state index contributed by atoms with van der Waals surface area (Å²) < 4.78 is 81.3. The lowest BCUT2D eigenvalue weighted by atomic mass is 9.95. The van der Waals surface area contributed by atoms with Crippen molar-refractivity contribution in [1.29, 1.82) is 0 Å². The Morgan fingerprint density at radius 3 is 2.03 bits per heavy atom. The molecular weight excluding hydrogens is 430 g/mol. The lowest BCUT2D eigenvalue weighted by Crippen LogP contribution is -2.08. The van der Waals surface area contributed by atoms with E-state index in [0.717, 1.165) is 30.9 Å². The first-order chi connectivity index (χ1) is 15.1. The van der Waals surface area contributed by atoms with E-state index in [-0.39, 0.29) is 29.5 Å². The van der Waals surface area contributed by atoms with E-state index in [1.807, 2.05) is 0 Å². The molecule has 0 aliphatic carbocycles. The molecule has 3 aromatic carbocycles. The molecule has 3 aromatic rings. The molecule has 0 saturated carbocycles. The van der Waals surface area contributed by atoms with Crippen molar-refractivity contribution in [3.63, 3.8) is 0 Å². The van der Waals surface area contributed by atoms with Crippen LogP contribution in [0.3, 0.4) is 0 Å². The fourth-order valence-corrected chi connectivity index (χ4v) is 3.57. The van der Waals surface area contributed by atoms with Crippen LogP contribution in [0.2, 0.25) is 0 Å². The number of halogens is 6. The number of unbranched alkanes of at least 4 members (excludes halogenated alkanes) is 1. The van der Waals surface area contributed by atoms with Crippen molar-refractivity contribution in [3.05, 3.63) is 88.2 Å². The minimum Gasteiger partial charge on any atom is -0.289 e. The molecule has 0 saturated heterocycles. The second kappa shape index (κ2) is 9.67. The van der Waals surface area contributed by atoms with Crippen molar-refractivity contribution in [2.45, 2.75) is 45.2 Å². The first-order valence-corrected chi connectivity index (χ1v) is 10.2. The summed E-state index contributed by atoms with van der Waals surface area (Å²) >= 11 is 0. The van der Waals surface area contributed by atoms with Gasteiger partial charge in [0.15, 0.2) is 5.75 Å². The number of rotatable bonds is 7. The molecule has 1 nitrogen and oxygen atoms in total. The third-order valence-corrected chi connectivity index (χ3v) is 5.34. The van der Waals surface area contributed by atoms with E-state index >= 15 is 4.39 Å². The average Bonchev–Trinajstić information content (AvgIpc) is 2.72. The molecular formula is C25H21F6O. The molecule has 0 amide bonds. The molecule has 0 bridgehead atoms. The lowest BCUT2D eigenvalue weighted by molar-refractivity contribution is -0.140. The zero-order chi connectivity index (χ0) is 23.5. The standard InChI is InChI=1S/C25H21F6O/c1-2-3-4-15-5-9-17(10-6-15)23-22(32)14-20(26)18(24(23)28)11-7-16-8-12-19(21(27)13-16)25(29,30)31/h5-6,8-10,12-14H,2-4,7,11H2,1H3. The fraction of sp³-hybridized carbons (Fsp3) is 0.280. The van der Waals surface area contributed by atoms with Gasteiger partial charge in [-0.15, -0.1) is 0 Å². The Kier molecular flexibility index (Phi) is 7.16. The highest BCUT2D eigenvalue weighted by atomic mass is 19.4. The molecule has 32 heavy (non-hydrogen) atoms. The van der Waals surface area contributed by atoms with Crippen molar-refractivity contribution in [2.75, 3.05) is 0 Å². The molecule has 0 heterocycles. The van der Waals surface area contributed by atoms with Crippen LogP contribution < -0.4 is 0 Å². The molecule has 0 fully saturated rings. The summed E-state index contributed by atoms with van der Waals surface area (Å²) in [6, 6.07) is 9.87. The minimum absolute atomic E-state index is 0.101. The molecule has 0 aliphatic rings. The van der Waals surface area contributed by atoms with E-state index in [1.165, 1.54) is 0 Å². The van der Waals surface area contributed by atoms with E-state index in [4.69, 9.17) is 0 Å². The Bertz CT molecular complexity index is 1090. The molecule has 0 atom stereocenters.